The second-order valence-corrected chi connectivity index (χ2v) is 14.1. The maximum absolute atomic E-state index is 13.8. The summed E-state index contributed by atoms with van der Waals surface area (Å²) in [6, 6.07) is 17.5. The van der Waals surface area contributed by atoms with Crippen LogP contribution in [0.2, 0.25) is 0 Å². The Morgan fingerprint density at radius 3 is 2.52 bits per heavy atom. The lowest BCUT2D eigenvalue weighted by Gasteiger charge is -2.38. The lowest BCUT2D eigenvalue weighted by Crippen LogP contribution is -2.50. The van der Waals surface area contributed by atoms with Gasteiger partial charge in [0, 0.05) is 42.2 Å². The maximum Gasteiger partial charge on any atom is 0.258 e. The van der Waals surface area contributed by atoms with Gasteiger partial charge in [0.25, 0.3) is 11.8 Å². The average Bonchev–Trinajstić information content (AvgIpc) is 3.61. The molecule has 5 rings (SSSR count). The van der Waals surface area contributed by atoms with Crippen LogP contribution in [0.5, 0.6) is 11.5 Å². The van der Waals surface area contributed by atoms with Crippen molar-refractivity contribution >= 4 is 38.9 Å². The van der Waals surface area contributed by atoms with Crippen molar-refractivity contribution in [1.82, 2.24) is 14.2 Å². The summed E-state index contributed by atoms with van der Waals surface area (Å²) in [4.78, 5) is 33.2. The zero-order valence-corrected chi connectivity index (χ0v) is 27.5. The fraction of sp³-hybridized carbons (Fsp3) is 0.303. The Hall–Kier alpha value is -4.30. The SMILES string of the molecule is COc1ccc(S(=O)(=O)N(C)C[C@@H]2Oc3c(NC(=O)c4ccc(-c5nccs5)cc4)cccc3C(=O)N([C@@H](C)CO)C[C@H]2C)cc1. The van der Waals surface area contributed by atoms with E-state index in [1.807, 2.05) is 24.4 Å². The quantitative estimate of drug-likeness (QED) is 0.251. The van der Waals surface area contributed by atoms with Gasteiger partial charge in [0.15, 0.2) is 5.75 Å². The molecule has 0 saturated heterocycles. The van der Waals surface area contributed by atoms with Gasteiger partial charge in [-0.25, -0.2) is 13.4 Å². The molecule has 242 valence electrons. The number of rotatable bonds is 10. The molecule has 0 fully saturated rings. The second-order valence-electron chi connectivity index (χ2n) is 11.1. The summed E-state index contributed by atoms with van der Waals surface area (Å²) in [6.45, 7) is 3.49. The molecule has 0 aliphatic carbocycles. The lowest BCUT2D eigenvalue weighted by molar-refractivity contribution is 0.0388. The Kier molecular flexibility index (Phi) is 10.1. The Labute approximate surface area is 272 Å². The van der Waals surface area contributed by atoms with Crippen molar-refractivity contribution in [3.05, 3.63) is 89.4 Å². The number of nitrogens with one attached hydrogen (secondary N) is 1. The number of anilines is 1. The summed E-state index contributed by atoms with van der Waals surface area (Å²) in [5.41, 5.74) is 1.72. The Morgan fingerprint density at radius 1 is 1.17 bits per heavy atom. The Balaban J connectivity index is 1.46. The summed E-state index contributed by atoms with van der Waals surface area (Å²) in [5.74, 6) is -0.488. The summed E-state index contributed by atoms with van der Waals surface area (Å²) in [5, 5.41) is 15.6. The van der Waals surface area contributed by atoms with E-state index in [2.05, 4.69) is 10.3 Å². The van der Waals surface area contributed by atoms with Gasteiger partial charge >= 0.3 is 0 Å². The predicted octanol–water partition coefficient (Wildman–Crippen LogP) is 4.61. The van der Waals surface area contributed by atoms with Crippen molar-refractivity contribution in [2.45, 2.75) is 30.9 Å². The molecule has 46 heavy (non-hydrogen) atoms. The van der Waals surface area contributed by atoms with Crippen LogP contribution in [0, 0.1) is 5.92 Å². The summed E-state index contributed by atoms with van der Waals surface area (Å²) < 4.78 is 39.9. The number of hydrogen-bond acceptors (Lipinski definition) is 9. The highest BCUT2D eigenvalue weighted by atomic mass is 32.2. The van der Waals surface area contributed by atoms with E-state index in [0.717, 1.165) is 10.6 Å². The van der Waals surface area contributed by atoms with Crippen molar-refractivity contribution in [2.75, 3.05) is 39.2 Å². The molecule has 0 bridgehead atoms. The van der Waals surface area contributed by atoms with E-state index in [9.17, 15) is 23.1 Å². The molecule has 0 saturated carbocycles. The number of amides is 2. The van der Waals surface area contributed by atoms with Crippen molar-refractivity contribution < 1.29 is 32.6 Å². The second kappa shape index (κ2) is 14.0. The van der Waals surface area contributed by atoms with Gasteiger partial charge in [0.05, 0.1) is 42.4 Å². The van der Waals surface area contributed by atoms with Crippen LogP contribution in [0.15, 0.2) is 83.2 Å². The molecule has 1 aromatic heterocycles. The van der Waals surface area contributed by atoms with Crippen molar-refractivity contribution in [3.8, 4) is 22.1 Å². The van der Waals surface area contributed by atoms with Gasteiger partial charge in [-0.05, 0) is 55.5 Å². The highest BCUT2D eigenvalue weighted by molar-refractivity contribution is 7.89. The minimum Gasteiger partial charge on any atom is -0.497 e. The van der Waals surface area contributed by atoms with E-state index in [0.29, 0.717) is 11.3 Å². The van der Waals surface area contributed by atoms with Gasteiger partial charge in [-0.1, -0.05) is 25.1 Å². The zero-order valence-electron chi connectivity index (χ0n) is 25.9. The number of nitrogens with zero attached hydrogens (tertiary/aromatic N) is 3. The van der Waals surface area contributed by atoms with Crippen molar-refractivity contribution in [1.29, 1.82) is 0 Å². The van der Waals surface area contributed by atoms with Crippen LogP contribution in [0.1, 0.15) is 34.6 Å². The normalized spacial score (nSPS) is 17.4. The fourth-order valence-electron chi connectivity index (χ4n) is 5.16. The van der Waals surface area contributed by atoms with Crippen molar-refractivity contribution in [3.63, 3.8) is 0 Å². The average molecular weight is 665 g/mol. The number of likely N-dealkylation sites (N-methyl/N-ethyl adjacent to an activating group) is 1. The first kappa shape index (κ1) is 33.1. The molecule has 4 aromatic rings. The standard InChI is InChI=1S/C33H36N4O7S2/c1-21-18-37(22(2)20-38)33(40)27-6-5-7-28(35-31(39)23-8-10-24(11-9-23)32-34-16-17-45-32)30(27)44-29(21)19-36(3)46(41,42)26-14-12-25(43-4)13-15-26/h5-17,21-22,29,38H,18-20H2,1-4H3,(H,35,39)/t21-,22+,29+/m1/s1. The van der Waals surface area contributed by atoms with Crippen LogP contribution in [0.4, 0.5) is 5.69 Å². The smallest absolute Gasteiger partial charge is 0.258 e. The van der Waals surface area contributed by atoms with Crippen LogP contribution in [-0.4, -0.2) is 85.5 Å². The van der Waals surface area contributed by atoms with Gasteiger partial charge in [0.1, 0.15) is 16.9 Å². The van der Waals surface area contributed by atoms with Gasteiger partial charge in [0.2, 0.25) is 10.0 Å². The minimum absolute atomic E-state index is 0.0506. The summed E-state index contributed by atoms with van der Waals surface area (Å²) in [7, 11) is -0.939. The number of carbonyl (C=O) groups excluding carboxylic acids is 2. The van der Waals surface area contributed by atoms with Crippen LogP contribution in [0.25, 0.3) is 10.6 Å². The van der Waals surface area contributed by atoms with E-state index in [1.54, 1.807) is 60.5 Å². The molecule has 3 aromatic carbocycles. The highest BCUT2D eigenvalue weighted by Gasteiger charge is 2.36. The largest absolute Gasteiger partial charge is 0.497 e. The number of aliphatic hydroxyl groups excluding tert-OH is 1. The molecule has 11 nitrogen and oxygen atoms in total. The van der Waals surface area contributed by atoms with Gasteiger partial charge in [-0.15, -0.1) is 11.3 Å². The molecular weight excluding hydrogens is 629 g/mol. The van der Waals surface area contributed by atoms with E-state index >= 15 is 0 Å². The fourth-order valence-corrected chi connectivity index (χ4v) is 6.99. The van der Waals surface area contributed by atoms with E-state index < -0.39 is 28.1 Å². The molecule has 2 N–H and O–H groups in total. The molecule has 2 amide bonds. The van der Waals surface area contributed by atoms with Crippen LogP contribution < -0.4 is 14.8 Å². The topological polar surface area (TPSA) is 138 Å². The first-order valence-corrected chi connectivity index (χ1v) is 17.0. The van der Waals surface area contributed by atoms with E-state index in [4.69, 9.17) is 9.47 Å². The molecule has 0 spiro atoms. The number of aromatic nitrogens is 1. The molecule has 2 heterocycles. The lowest BCUT2D eigenvalue weighted by atomic mass is 9.99. The van der Waals surface area contributed by atoms with Crippen LogP contribution in [0.3, 0.4) is 0 Å². The van der Waals surface area contributed by atoms with Crippen LogP contribution >= 0.6 is 11.3 Å². The maximum atomic E-state index is 13.8. The third kappa shape index (κ3) is 6.92. The number of methoxy groups -OCH3 is 1. The zero-order chi connectivity index (χ0) is 33.0. The number of para-hydroxylation sites is 1. The van der Waals surface area contributed by atoms with Gasteiger partial charge in [-0.3, -0.25) is 9.59 Å². The van der Waals surface area contributed by atoms with Gasteiger partial charge in [-0.2, -0.15) is 4.31 Å². The number of fused-ring (bicyclic) bond motifs is 1. The number of thiazole rings is 1. The Morgan fingerprint density at radius 2 is 1.89 bits per heavy atom. The summed E-state index contributed by atoms with van der Waals surface area (Å²) in [6.07, 6.45) is 0.988. The van der Waals surface area contributed by atoms with Crippen LogP contribution in [-0.2, 0) is 10.0 Å². The monoisotopic (exact) mass is 664 g/mol. The summed E-state index contributed by atoms with van der Waals surface area (Å²) >= 11 is 1.50. The minimum atomic E-state index is -3.91. The molecule has 1 aliphatic rings. The Bertz CT molecular complexity index is 1780. The molecule has 0 unspecified atom stereocenters. The number of hydrogen-bond donors (Lipinski definition) is 2. The van der Waals surface area contributed by atoms with Gasteiger partial charge < -0.3 is 24.8 Å². The third-order valence-corrected chi connectivity index (χ3v) is 10.6. The first-order chi connectivity index (χ1) is 22.0. The molecule has 1 aliphatic heterocycles. The first-order valence-electron chi connectivity index (χ1n) is 14.7. The van der Waals surface area contributed by atoms with Crippen molar-refractivity contribution in [2.24, 2.45) is 5.92 Å². The molecule has 13 heteroatoms. The predicted molar refractivity (Wildman–Crippen MR) is 176 cm³/mol. The molecule has 3 atom stereocenters. The number of sulfonamides is 1. The molecular formula is C33H36N4O7S2. The highest BCUT2D eigenvalue weighted by Crippen LogP contribution is 2.36. The van der Waals surface area contributed by atoms with E-state index in [-0.39, 0.29) is 53.4 Å². The third-order valence-electron chi connectivity index (χ3n) is 7.97. The van der Waals surface area contributed by atoms with E-state index in [1.165, 1.54) is 41.9 Å². The molecule has 0 radical (unpaired) electrons. The number of benzene rings is 3. The number of aliphatic hydroxyl groups is 1. The number of ether oxygens (including phenoxy) is 2. The number of carbonyl (C=O) groups is 2.